The molecule has 1 fully saturated rings. The summed E-state index contributed by atoms with van der Waals surface area (Å²) in [5.74, 6) is -0.113. The van der Waals surface area contributed by atoms with Gasteiger partial charge in [0.15, 0.2) is 0 Å². The number of hydrogen-bond donors (Lipinski definition) is 1. The number of benzene rings is 4. The number of carbonyl (C=O) groups is 1. The molecule has 3 nitrogen and oxygen atoms in total. The van der Waals surface area contributed by atoms with Crippen molar-refractivity contribution in [1.82, 2.24) is 0 Å². The van der Waals surface area contributed by atoms with Crippen molar-refractivity contribution in [2.75, 3.05) is 0 Å². The van der Waals surface area contributed by atoms with Crippen molar-refractivity contribution in [2.45, 2.75) is 17.9 Å². The quantitative estimate of drug-likeness (QED) is 0.380. The van der Waals surface area contributed by atoms with Gasteiger partial charge in [-0.2, -0.15) is 0 Å². The molecule has 4 aromatic rings. The van der Waals surface area contributed by atoms with E-state index in [0.29, 0.717) is 5.75 Å². The van der Waals surface area contributed by atoms with Gasteiger partial charge < -0.3 is 10.5 Å². The highest BCUT2D eigenvalue weighted by Crippen LogP contribution is 2.52. The van der Waals surface area contributed by atoms with Crippen molar-refractivity contribution in [3.63, 3.8) is 0 Å². The van der Waals surface area contributed by atoms with Crippen molar-refractivity contribution in [1.29, 1.82) is 0 Å². The fraction of sp³-hybridized carbons (Fsp3) is 0.148. The maximum atomic E-state index is 13.4. The monoisotopic (exact) mass is 393 g/mol. The minimum atomic E-state index is -0.323. The van der Waals surface area contributed by atoms with Crippen molar-refractivity contribution in [3.05, 3.63) is 114 Å². The number of nitrogens with two attached hydrogens (primary N) is 1. The fourth-order valence-corrected chi connectivity index (χ4v) is 4.70. The molecular formula is C27H23NO2. The van der Waals surface area contributed by atoms with Gasteiger partial charge in [0.25, 0.3) is 0 Å². The van der Waals surface area contributed by atoms with Crippen LogP contribution in [0.3, 0.4) is 0 Å². The highest BCUT2D eigenvalue weighted by molar-refractivity contribution is 5.85. The molecule has 0 spiro atoms. The largest absolute Gasteiger partial charge is 0.426 e. The predicted octanol–water partition coefficient (Wildman–Crippen LogP) is 5.27. The molecule has 0 heterocycles. The van der Waals surface area contributed by atoms with Crippen LogP contribution in [0, 0.1) is 5.92 Å². The molecule has 5 rings (SSSR count). The van der Waals surface area contributed by atoms with Gasteiger partial charge in [0.2, 0.25) is 0 Å². The van der Waals surface area contributed by atoms with Crippen molar-refractivity contribution < 1.29 is 9.53 Å². The van der Waals surface area contributed by atoms with E-state index in [9.17, 15) is 4.79 Å². The molecule has 3 heteroatoms. The van der Waals surface area contributed by atoms with E-state index < -0.39 is 0 Å². The summed E-state index contributed by atoms with van der Waals surface area (Å²) in [6.45, 7) is 0. The number of hydrogen-bond acceptors (Lipinski definition) is 3. The van der Waals surface area contributed by atoms with Crippen molar-refractivity contribution >= 4 is 16.7 Å². The van der Waals surface area contributed by atoms with Crippen LogP contribution in [-0.4, -0.2) is 12.0 Å². The van der Waals surface area contributed by atoms with E-state index in [1.54, 1.807) is 0 Å². The van der Waals surface area contributed by atoms with Gasteiger partial charge in [-0.1, -0.05) is 91.0 Å². The lowest BCUT2D eigenvalue weighted by Gasteiger charge is -2.49. The van der Waals surface area contributed by atoms with Crippen LogP contribution in [0.1, 0.15) is 23.0 Å². The molecule has 0 bridgehead atoms. The zero-order valence-electron chi connectivity index (χ0n) is 16.5. The molecule has 0 amide bonds. The molecule has 0 aromatic heterocycles. The zero-order valence-corrected chi connectivity index (χ0v) is 16.5. The van der Waals surface area contributed by atoms with E-state index >= 15 is 0 Å². The number of rotatable bonds is 4. The lowest BCUT2D eigenvalue weighted by Crippen LogP contribution is -2.56. The van der Waals surface area contributed by atoms with Gasteiger partial charge in [-0.3, -0.25) is 4.79 Å². The van der Waals surface area contributed by atoms with Gasteiger partial charge in [-0.05, 0) is 34.0 Å². The zero-order chi connectivity index (χ0) is 20.5. The summed E-state index contributed by atoms with van der Waals surface area (Å²) in [4.78, 5) is 13.4. The lowest BCUT2D eigenvalue weighted by atomic mass is 9.56. The number of fused-ring (bicyclic) bond motifs is 1. The Balaban J connectivity index is 1.47. The minimum Gasteiger partial charge on any atom is -0.426 e. The highest BCUT2D eigenvalue weighted by atomic mass is 16.5. The second kappa shape index (κ2) is 7.77. The van der Waals surface area contributed by atoms with E-state index in [2.05, 4.69) is 0 Å². The van der Waals surface area contributed by atoms with Crippen molar-refractivity contribution in [2.24, 2.45) is 11.7 Å². The van der Waals surface area contributed by atoms with Gasteiger partial charge in [-0.15, -0.1) is 0 Å². The summed E-state index contributed by atoms with van der Waals surface area (Å²) >= 11 is 0. The van der Waals surface area contributed by atoms with Crippen molar-refractivity contribution in [3.8, 4) is 5.75 Å². The molecule has 2 atom stereocenters. The summed E-state index contributed by atoms with van der Waals surface area (Å²) in [6.07, 6.45) is 0. The van der Waals surface area contributed by atoms with E-state index in [-0.39, 0.29) is 29.8 Å². The molecule has 30 heavy (non-hydrogen) atoms. The number of carbonyl (C=O) groups excluding carboxylic acids is 1. The Kier molecular flexibility index (Phi) is 4.82. The standard InChI is InChI=1S/C27H23NO2/c28-26-23(19-10-3-1-4-11-19)25(24(26)20-12-5-2-6-13-20)27(29)30-22-16-15-18-9-7-8-14-21(18)17-22/h1-17,23-26H,28H2/t23-,24-,25-,26-/m1/s1. The normalized spacial score (nSPS) is 23.0. The maximum Gasteiger partial charge on any atom is 0.315 e. The topological polar surface area (TPSA) is 52.3 Å². The van der Waals surface area contributed by atoms with E-state index in [0.717, 1.165) is 21.9 Å². The molecule has 1 aliphatic carbocycles. The Morgan fingerprint density at radius 3 is 1.80 bits per heavy atom. The Morgan fingerprint density at radius 1 is 0.667 bits per heavy atom. The molecule has 0 aliphatic heterocycles. The SMILES string of the molecule is N[C@H]1[C@H](c2ccccc2)[C@H](C(=O)Oc2ccc3ccccc3c2)[C@H]1c1ccccc1. The molecule has 0 radical (unpaired) electrons. The molecule has 1 saturated carbocycles. The van der Waals surface area contributed by atoms with Crippen LogP contribution in [0.25, 0.3) is 10.8 Å². The first-order chi connectivity index (χ1) is 14.7. The molecule has 4 aromatic carbocycles. The summed E-state index contributed by atoms with van der Waals surface area (Å²) in [6, 6.07) is 33.7. The summed E-state index contributed by atoms with van der Waals surface area (Å²) in [5.41, 5.74) is 8.78. The van der Waals surface area contributed by atoms with Crippen LogP contribution >= 0.6 is 0 Å². The summed E-state index contributed by atoms with van der Waals surface area (Å²) in [7, 11) is 0. The van der Waals surface area contributed by atoms with E-state index in [1.165, 1.54) is 0 Å². The van der Waals surface area contributed by atoms with Gasteiger partial charge >= 0.3 is 5.97 Å². The van der Waals surface area contributed by atoms with Crippen LogP contribution in [0.2, 0.25) is 0 Å². The Morgan fingerprint density at radius 2 is 1.20 bits per heavy atom. The van der Waals surface area contributed by atoms with Crippen LogP contribution in [0.5, 0.6) is 5.75 Å². The summed E-state index contributed by atoms with van der Waals surface area (Å²) in [5, 5.41) is 2.17. The van der Waals surface area contributed by atoms with Gasteiger partial charge in [-0.25, -0.2) is 0 Å². The minimum absolute atomic E-state index is 0.0654. The van der Waals surface area contributed by atoms with E-state index in [1.807, 2.05) is 103 Å². The first kappa shape index (κ1) is 18.6. The molecular weight excluding hydrogens is 370 g/mol. The lowest BCUT2D eigenvalue weighted by molar-refractivity contribution is -0.145. The predicted molar refractivity (Wildman–Crippen MR) is 119 cm³/mol. The molecule has 2 N–H and O–H groups in total. The van der Waals surface area contributed by atoms with Crippen LogP contribution in [0.4, 0.5) is 0 Å². The van der Waals surface area contributed by atoms with Gasteiger partial charge in [0.1, 0.15) is 5.75 Å². The first-order valence-electron chi connectivity index (χ1n) is 10.3. The summed E-state index contributed by atoms with van der Waals surface area (Å²) < 4.78 is 5.88. The molecule has 148 valence electrons. The second-order valence-electron chi connectivity index (χ2n) is 7.91. The number of esters is 1. The molecule has 1 aliphatic rings. The Labute approximate surface area is 176 Å². The first-order valence-corrected chi connectivity index (χ1v) is 10.3. The van der Waals surface area contributed by atoms with Crippen LogP contribution < -0.4 is 10.5 Å². The smallest absolute Gasteiger partial charge is 0.315 e. The molecule has 0 unspecified atom stereocenters. The molecule has 0 saturated heterocycles. The average molecular weight is 393 g/mol. The number of ether oxygens (including phenoxy) is 1. The van der Waals surface area contributed by atoms with Gasteiger partial charge in [0.05, 0.1) is 5.92 Å². The third-order valence-electron chi connectivity index (χ3n) is 6.18. The maximum absolute atomic E-state index is 13.4. The third kappa shape index (κ3) is 3.27. The van der Waals surface area contributed by atoms with Crippen LogP contribution in [0.15, 0.2) is 103 Å². The second-order valence-corrected chi connectivity index (χ2v) is 7.91. The van der Waals surface area contributed by atoms with Gasteiger partial charge in [0, 0.05) is 17.9 Å². The third-order valence-corrected chi connectivity index (χ3v) is 6.18. The van der Waals surface area contributed by atoms with Crippen LogP contribution in [-0.2, 0) is 4.79 Å². The van der Waals surface area contributed by atoms with E-state index in [4.69, 9.17) is 10.5 Å². The highest BCUT2D eigenvalue weighted by Gasteiger charge is 2.54. The Bertz CT molecular complexity index is 1130. The fourth-order valence-electron chi connectivity index (χ4n) is 4.70. The Hall–Kier alpha value is -3.43. The average Bonchev–Trinajstić information content (AvgIpc) is 2.78.